The summed E-state index contributed by atoms with van der Waals surface area (Å²) in [7, 11) is 0. The number of hydrogen-bond acceptors (Lipinski definition) is 4. The molecule has 1 aromatic heterocycles. The SMILES string of the molecule is NCC1COCCN1C(=O)c1ccoc1. The average Bonchev–Trinajstić information content (AvgIpc) is 2.81. The van der Waals surface area contributed by atoms with Gasteiger partial charge in [0, 0.05) is 13.1 Å². The molecule has 0 aromatic carbocycles. The van der Waals surface area contributed by atoms with Gasteiger partial charge in [-0.2, -0.15) is 0 Å². The van der Waals surface area contributed by atoms with Crippen molar-refractivity contribution >= 4 is 5.91 Å². The molecule has 1 amide bonds. The van der Waals surface area contributed by atoms with Crippen LogP contribution in [0.2, 0.25) is 0 Å². The van der Waals surface area contributed by atoms with Crippen LogP contribution in [0.1, 0.15) is 10.4 Å². The van der Waals surface area contributed by atoms with Crippen molar-refractivity contribution in [1.29, 1.82) is 0 Å². The van der Waals surface area contributed by atoms with Gasteiger partial charge in [-0.25, -0.2) is 0 Å². The molecule has 1 atom stereocenters. The Kier molecular flexibility index (Phi) is 3.03. The van der Waals surface area contributed by atoms with Crippen LogP contribution in [0, 0.1) is 0 Å². The van der Waals surface area contributed by atoms with Gasteiger partial charge >= 0.3 is 0 Å². The molecule has 1 aromatic rings. The van der Waals surface area contributed by atoms with Crippen LogP contribution in [0.25, 0.3) is 0 Å². The van der Waals surface area contributed by atoms with Crippen molar-refractivity contribution in [3.05, 3.63) is 24.2 Å². The summed E-state index contributed by atoms with van der Waals surface area (Å²) in [6.45, 7) is 2.09. The maximum absolute atomic E-state index is 12.0. The largest absolute Gasteiger partial charge is 0.472 e. The van der Waals surface area contributed by atoms with Crippen molar-refractivity contribution in [3.63, 3.8) is 0 Å². The first kappa shape index (κ1) is 10.2. The van der Waals surface area contributed by atoms with E-state index in [4.69, 9.17) is 14.9 Å². The Morgan fingerprint density at radius 1 is 1.67 bits per heavy atom. The maximum Gasteiger partial charge on any atom is 0.257 e. The summed E-state index contributed by atoms with van der Waals surface area (Å²) in [4.78, 5) is 13.7. The van der Waals surface area contributed by atoms with Crippen LogP contribution in [-0.2, 0) is 4.74 Å². The normalized spacial score (nSPS) is 21.7. The third kappa shape index (κ3) is 2.03. The van der Waals surface area contributed by atoms with Gasteiger partial charge in [0.05, 0.1) is 31.1 Å². The van der Waals surface area contributed by atoms with Crippen LogP contribution < -0.4 is 5.73 Å². The summed E-state index contributed by atoms with van der Waals surface area (Å²) in [6.07, 6.45) is 2.94. The molecule has 15 heavy (non-hydrogen) atoms. The zero-order valence-electron chi connectivity index (χ0n) is 8.39. The Morgan fingerprint density at radius 2 is 2.53 bits per heavy atom. The van der Waals surface area contributed by atoms with Crippen LogP contribution in [0.4, 0.5) is 0 Å². The van der Waals surface area contributed by atoms with Gasteiger partial charge in [-0.05, 0) is 6.07 Å². The lowest BCUT2D eigenvalue weighted by Gasteiger charge is -2.34. The fourth-order valence-electron chi connectivity index (χ4n) is 1.67. The highest BCUT2D eigenvalue weighted by Gasteiger charge is 2.27. The highest BCUT2D eigenvalue weighted by Crippen LogP contribution is 2.12. The number of carbonyl (C=O) groups excluding carboxylic acids is 1. The standard InChI is InChI=1S/C10H14N2O3/c11-5-9-7-15-4-2-12(9)10(13)8-1-3-14-6-8/h1,3,6,9H,2,4-5,7,11H2. The molecule has 1 unspecified atom stereocenters. The number of nitrogens with zero attached hydrogens (tertiary/aromatic N) is 1. The van der Waals surface area contributed by atoms with Crippen LogP contribution in [0.15, 0.2) is 23.0 Å². The van der Waals surface area contributed by atoms with Gasteiger partial charge in [0.15, 0.2) is 0 Å². The second kappa shape index (κ2) is 4.46. The highest BCUT2D eigenvalue weighted by atomic mass is 16.5. The minimum atomic E-state index is -0.0394. The number of morpholine rings is 1. The van der Waals surface area contributed by atoms with E-state index < -0.39 is 0 Å². The summed E-state index contributed by atoms with van der Waals surface area (Å²) >= 11 is 0. The van der Waals surface area contributed by atoms with Crippen LogP contribution in [-0.4, -0.2) is 43.2 Å². The molecule has 5 heteroatoms. The first-order chi connectivity index (χ1) is 7.33. The van der Waals surface area contributed by atoms with Gasteiger partial charge in [0.25, 0.3) is 5.91 Å². The van der Waals surface area contributed by atoms with E-state index in [2.05, 4.69) is 0 Å². The summed E-state index contributed by atoms with van der Waals surface area (Å²) in [6, 6.07) is 1.63. The molecule has 1 aliphatic heterocycles. The number of rotatable bonds is 2. The summed E-state index contributed by atoms with van der Waals surface area (Å²) in [5, 5.41) is 0. The molecule has 0 saturated carbocycles. The van der Waals surface area contributed by atoms with E-state index in [0.717, 1.165) is 0 Å². The quantitative estimate of drug-likeness (QED) is 0.750. The Labute approximate surface area is 87.8 Å². The van der Waals surface area contributed by atoms with Crippen molar-refractivity contribution in [2.45, 2.75) is 6.04 Å². The van der Waals surface area contributed by atoms with Crippen molar-refractivity contribution in [2.24, 2.45) is 5.73 Å². The first-order valence-corrected chi connectivity index (χ1v) is 4.94. The molecule has 82 valence electrons. The molecule has 5 nitrogen and oxygen atoms in total. The zero-order chi connectivity index (χ0) is 10.7. The lowest BCUT2D eigenvalue weighted by atomic mass is 10.2. The minimum Gasteiger partial charge on any atom is -0.472 e. The molecule has 2 rings (SSSR count). The molecular formula is C10H14N2O3. The molecule has 2 N–H and O–H groups in total. The zero-order valence-corrected chi connectivity index (χ0v) is 8.39. The van der Waals surface area contributed by atoms with Crippen LogP contribution in [0.3, 0.4) is 0 Å². The number of furan rings is 1. The van der Waals surface area contributed by atoms with Crippen LogP contribution in [0.5, 0.6) is 0 Å². The molecule has 1 aliphatic rings. The molecular weight excluding hydrogens is 196 g/mol. The Bertz CT molecular complexity index is 323. The lowest BCUT2D eigenvalue weighted by molar-refractivity contribution is 0.000804. The van der Waals surface area contributed by atoms with Crippen LogP contribution >= 0.6 is 0 Å². The fraction of sp³-hybridized carbons (Fsp3) is 0.500. The van der Waals surface area contributed by atoms with Gasteiger partial charge in [-0.3, -0.25) is 4.79 Å². The topological polar surface area (TPSA) is 68.7 Å². The number of nitrogens with two attached hydrogens (primary N) is 1. The second-order valence-corrected chi connectivity index (χ2v) is 3.48. The molecule has 1 saturated heterocycles. The minimum absolute atomic E-state index is 0.0267. The van der Waals surface area contributed by atoms with Gasteiger partial charge in [0.1, 0.15) is 6.26 Å². The first-order valence-electron chi connectivity index (χ1n) is 4.94. The molecule has 0 radical (unpaired) electrons. The Morgan fingerprint density at radius 3 is 3.20 bits per heavy atom. The monoisotopic (exact) mass is 210 g/mol. The molecule has 0 spiro atoms. The number of carbonyl (C=O) groups is 1. The highest BCUT2D eigenvalue weighted by molar-refractivity contribution is 5.94. The van der Waals surface area contributed by atoms with Crippen molar-refractivity contribution < 1.29 is 13.9 Å². The van der Waals surface area contributed by atoms with Crippen molar-refractivity contribution in [2.75, 3.05) is 26.3 Å². The van der Waals surface area contributed by atoms with Gasteiger partial charge in [-0.1, -0.05) is 0 Å². The van der Waals surface area contributed by atoms with E-state index in [1.54, 1.807) is 11.0 Å². The second-order valence-electron chi connectivity index (χ2n) is 3.48. The Balaban J connectivity index is 2.11. The molecule has 2 heterocycles. The van der Waals surface area contributed by atoms with Gasteiger partial charge in [-0.15, -0.1) is 0 Å². The van der Waals surface area contributed by atoms with Gasteiger partial charge in [0.2, 0.25) is 0 Å². The van der Waals surface area contributed by atoms with E-state index in [1.165, 1.54) is 12.5 Å². The smallest absolute Gasteiger partial charge is 0.257 e. The summed E-state index contributed by atoms with van der Waals surface area (Å²) in [5.74, 6) is -0.0394. The van der Waals surface area contributed by atoms with E-state index in [-0.39, 0.29) is 11.9 Å². The van der Waals surface area contributed by atoms with E-state index in [0.29, 0.717) is 31.9 Å². The number of hydrogen-bond donors (Lipinski definition) is 1. The predicted molar refractivity (Wildman–Crippen MR) is 53.4 cm³/mol. The maximum atomic E-state index is 12.0. The molecule has 1 fully saturated rings. The Hall–Kier alpha value is -1.33. The fourth-order valence-corrected chi connectivity index (χ4v) is 1.67. The van der Waals surface area contributed by atoms with E-state index in [1.807, 2.05) is 0 Å². The van der Waals surface area contributed by atoms with E-state index >= 15 is 0 Å². The lowest BCUT2D eigenvalue weighted by Crippen LogP contribution is -2.51. The molecule has 0 aliphatic carbocycles. The third-order valence-electron chi connectivity index (χ3n) is 2.53. The average molecular weight is 210 g/mol. The number of amides is 1. The summed E-state index contributed by atoms with van der Waals surface area (Å²) < 4.78 is 10.2. The predicted octanol–water partition coefficient (Wildman–Crippen LogP) is 0.0793. The number of ether oxygens (including phenoxy) is 1. The molecule has 0 bridgehead atoms. The third-order valence-corrected chi connectivity index (χ3v) is 2.53. The van der Waals surface area contributed by atoms with Gasteiger partial charge < -0.3 is 19.8 Å². The van der Waals surface area contributed by atoms with E-state index in [9.17, 15) is 4.79 Å². The summed E-state index contributed by atoms with van der Waals surface area (Å²) in [5.41, 5.74) is 6.15. The van der Waals surface area contributed by atoms with Crippen molar-refractivity contribution in [1.82, 2.24) is 4.90 Å². The van der Waals surface area contributed by atoms with Crippen molar-refractivity contribution in [3.8, 4) is 0 Å².